The molecule has 0 N–H and O–H groups in total. The van der Waals surface area contributed by atoms with Gasteiger partial charge in [0.25, 0.3) is 0 Å². The van der Waals surface area contributed by atoms with Crippen LogP contribution in [0.3, 0.4) is 0 Å². The zero-order chi connectivity index (χ0) is 14.1. The summed E-state index contributed by atoms with van der Waals surface area (Å²) in [4.78, 5) is -0.00347. The summed E-state index contributed by atoms with van der Waals surface area (Å²) in [5.41, 5.74) is 0. The van der Waals surface area contributed by atoms with Gasteiger partial charge in [0.05, 0.1) is 0 Å². The maximum atomic E-state index is 13.3. The molecule has 0 radical (unpaired) electrons. The molecule has 0 aromatic carbocycles. The van der Waals surface area contributed by atoms with E-state index in [9.17, 15) is 22.0 Å². The van der Waals surface area contributed by atoms with Crippen molar-refractivity contribution in [3.63, 3.8) is 0 Å². The van der Waals surface area contributed by atoms with Gasteiger partial charge in [-0.1, -0.05) is 13.3 Å². The lowest BCUT2D eigenvalue weighted by molar-refractivity contribution is -0.334. The van der Waals surface area contributed by atoms with Crippen LogP contribution < -0.4 is 0 Å². The maximum absolute atomic E-state index is 13.3. The second kappa shape index (κ2) is 4.89. The van der Waals surface area contributed by atoms with Crippen LogP contribution in [0.5, 0.6) is 0 Å². The average Bonchev–Trinajstić information content (AvgIpc) is 2.60. The van der Waals surface area contributed by atoms with Gasteiger partial charge in [0.2, 0.25) is 0 Å². The molecule has 1 atom stereocenters. The second-order valence-electron chi connectivity index (χ2n) is 4.42. The van der Waals surface area contributed by atoms with E-state index in [1.165, 1.54) is 5.01 Å². The minimum atomic E-state index is -5.61. The van der Waals surface area contributed by atoms with Crippen molar-refractivity contribution in [1.29, 1.82) is 0 Å². The summed E-state index contributed by atoms with van der Waals surface area (Å²) in [6, 6.07) is -5.15. The number of hydrogen-bond acceptors (Lipinski definition) is 3. The number of hydrazone groups is 1. The van der Waals surface area contributed by atoms with Crippen LogP contribution in [0.2, 0.25) is 0 Å². The van der Waals surface area contributed by atoms with Crippen molar-refractivity contribution in [3.8, 4) is 0 Å². The molecule has 0 aromatic rings. The lowest BCUT2D eigenvalue weighted by Crippen LogP contribution is -2.57. The van der Waals surface area contributed by atoms with E-state index in [2.05, 4.69) is 5.10 Å². The Hall–Kier alpha value is -1.08. The summed E-state index contributed by atoms with van der Waals surface area (Å²) in [5, 5.41) is 4.92. The van der Waals surface area contributed by atoms with E-state index in [0.717, 1.165) is 0 Å². The number of alkyl halides is 5. The number of nitrogens with zero attached hydrogens (tertiary/aromatic N) is 3. The van der Waals surface area contributed by atoms with Crippen LogP contribution in [-0.2, 0) is 0 Å². The predicted molar refractivity (Wildman–Crippen MR) is 57.0 cm³/mol. The Morgan fingerprint density at radius 3 is 2.17 bits per heavy atom. The van der Waals surface area contributed by atoms with Gasteiger partial charge in [-0.3, -0.25) is 9.91 Å². The van der Waals surface area contributed by atoms with Crippen molar-refractivity contribution in [2.75, 3.05) is 0 Å². The van der Waals surface area contributed by atoms with E-state index < -0.39 is 18.4 Å². The van der Waals surface area contributed by atoms with Crippen LogP contribution in [0, 0.1) is 0 Å². The molecule has 0 fully saturated rings. The smallest absolute Gasteiger partial charge is 0.272 e. The van der Waals surface area contributed by atoms with E-state index in [1.807, 2.05) is 0 Å². The zero-order valence-corrected chi connectivity index (χ0v) is 10.4. The molecule has 0 spiro atoms. The van der Waals surface area contributed by atoms with E-state index >= 15 is 0 Å². The first-order chi connectivity index (χ1) is 8.13. The van der Waals surface area contributed by atoms with Crippen molar-refractivity contribution in [1.82, 2.24) is 9.91 Å². The molecule has 106 valence electrons. The van der Waals surface area contributed by atoms with Gasteiger partial charge in [0.1, 0.15) is 12.5 Å². The highest BCUT2D eigenvalue weighted by atomic mass is 19.4. The Bertz CT molecular complexity index is 313. The quantitative estimate of drug-likeness (QED) is 0.578. The molecule has 0 aliphatic carbocycles. The minimum Gasteiger partial charge on any atom is -0.272 e. The van der Waals surface area contributed by atoms with Crippen LogP contribution in [0.1, 0.15) is 33.6 Å². The molecule has 0 aromatic heterocycles. The molecule has 1 aliphatic rings. The summed E-state index contributed by atoms with van der Waals surface area (Å²) in [7, 11) is 0. The normalized spacial score (nSPS) is 21.3. The Morgan fingerprint density at radius 1 is 1.22 bits per heavy atom. The third-order valence-corrected chi connectivity index (χ3v) is 2.68. The fraction of sp³-hybridized carbons (Fsp3) is 0.900. The van der Waals surface area contributed by atoms with Crippen molar-refractivity contribution >= 4 is 6.34 Å². The second-order valence-corrected chi connectivity index (χ2v) is 4.42. The molecular weight excluding hydrogens is 257 g/mol. The Kier molecular flexibility index (Phi) is 4.07. The highest BCUT2D eigenvalue weighted by Gasteiger charge is 2.64. The van der Waals surface area contributed by atoms with Gasteiger partial charge < -0.3 is 0 Å². The third kappa shape index (κ3) is 2.51. The van der Waals surface area contributed by atoms with Crippen molar-refractivity contribution in [3.05, 3.63) is 0 Å². The van der Waals surface area contributed by atoms with Gasteiger partial charge >= 0.3 is 12.2 Å². The number of halogens is 5. The van der Waals surface area contributed by atoms with Crippen LogP contribution in [0.4, 0.5) is 22.0 Å². The molecular formula is C10H16F5N3. The number of rotatable bonds is 4. The molecule has 3 nitrogen and oxygen atoms in total. The van der Waals surface area contributed by atoms with E-state index in [-0.39, 0.29) is 17.4 Å². The fourth-order valence-corrected chi connectivity index (χ4v) is 1.81. The molecule has 1 heterocycles. The summed E-state index contributed by atoms with van der Waals surface area (Å²) in [5.74, 6) is 0. The van der Waals surface area contributed by atoms with Gasteiger partial charge in [-0.25, -0.2) is 0 Å². The van der Waals surface area contributed by atoms with Crippen molar-refractivity contribution < 1.29 is 22.0 Å². The Balaban J connectivity index is 2.99. The third-order valence-electron chi connectivity index (χ3n) is 2.68. The molecule has 18 heavy (non-hydrogen) atoms. The molecule has 0 saturated carbocycles. The SMILES string of the molecule is CCCC1N(C(C)C)N=CN1C(F)(F)C(F)(F)F. The van der Waals surface area contributed by atoms with Crippen LogP contribution in [0.25, 0.3) is 0 Å². The van der Waals surface area contributed by atoms with E-state index in [0.29, 0.717) is 12.8 Å². The Morgan fingerprint density at radius 2 is 1.78 bits per heavy atom. The standard InChI is InChI=1S/C10H16F5N3/c1-4-5-8-17(6-16-18(8)7(2)3)10(14,15)9(11,12)13/h6-8H,4-5H2,1-3H3. The minimum absolute atomic E-state index is 0.00347. The molecule has 0 bridgehead atoms. The largest absolute Gasteiger partial charge is 0.475 e. The summed E-state index contributed by atoms with van der Waals surface area (Å²) in [6.07, 6.45) is -5.43. The average molecular weight is 273 g/mol. The van der Waals surface area contributed by atoms with Crippen LogP contribution in [-0.4, -0.2) is 40.7 Å². The first kappa shape index (κ1) is 15.0. The first-order valence-corrected chi connectivity index (χ1v) is 5.68. The van der Waals surface area contributed by atoms with Gasteiger partial charge in [-0.15, -0.1) is 0 Å². The highest BCUT2D eigenvalue weighted by Crippen LogP contribution is 2.41. The zero-order valence-electron chi connectivity index (χ0n) is 10.4. The van der Waals surface area contributed by atoms with Gasteiger partial charge in [-0.05, 0) is 20.3 Å². The molecule has 0 saturated heterocycles. The highest BCUT2D eigenvalue weighted by molar-refractivity contribution is 5.58. The molecule has 1 aliphatic heterocycles. The lowest BCUT2D eigenvalue weighted by Gasteiger charge is -2.37. The van der Waals surface area contributed by atoms with E-state index in [1.54, 1.807) is 20.8 Å². The first-order valence-electron chi connectivity index (χ1n) is 5.68. The van der Waals surface area contributed by atoms with Crippen LogP contribution >= 0.6 is 0 Å². The topological polar surface area (TPSA) is 18.8 Å². The summed E-state index contributed by atoms with van der Waals surface area (Å²) in [6.45, 7) is 5.10. The summed E-state index contributed by atoms with van der Waals surface area (Å²) < 4.78 is 63.7. The van der Waals surface area contributed by atoms with Gasteiger partial charge in [-0.2, -0.15) is 27.1 Å². The Labute approximate surface area is 102 Å². The fourth-order valence-electron chi connectivity index (χ4n) is 1.81. The van der Waals surface area contributed by atoms with E-state index in [4.69, 9.17) is 0 Å². The van der Waals surface area contributed by atoms with Crippen molar-refractivity contribution in [2.45, 2.75) is 58.0 Å². The lowest BCUT2D eigenvalue weighted by atomic mass is 10.2. The monoisotopic (exact) mass is 273 g/mol. The van der Waals surface area contributed by atoms with Gasteiger partial charge in [0, 0.05) is 6.04 Å². The summed E-state index contributed by atoms with van der Waals surface area (Å²) >= 11 is 0. The van der Waals surface area contributed by atoms with Crippen LogP contribution in [0.15, 0.2) is 5.10 Å². The molecule has 1 unspecified atom stereocenters. The predicted octanol–water partition coefficient (Wildman–Crippen LogP) is 3.24. The molecule has 8 heteroatoms. The number of hydrogen-bond donors (Lipinski definition) is 0. The molecule has 1 rings (SSSR count). The maximum Gasteiger partial charge on any atom is 0.475 e. The van der Waals surface area contributed by atoms with Gasteiger partial charge in [0.15, 0.2) is 0 Å². The van der Waals surface area contributed by atoms with Crippen molar-refractivity contribution in [2.24, 2.45) is 5.10 Å². The molecule has 0 amide bonds.